The van der Waals surface area contributed by atoms with Crippen LogP contribution in [0.2, 0.25) is 0 Å². The normalized spacial score (nSPS) is 13.2. The van der Waals surface area contributed by atoms with Crippen LogP contribution in [0, 0.1) is 5.41 Å². The molecule has 1 heterocycles. The Balaban J connectivity index is 2.01. The Morgan fingerprint density at radius 2 is 1.88 bits per heavy atom. The molecular formula is C19H18N2O3S. The summed E-state index contributed by atoms with van der Waals surface area (Å²) in [5, 5.41) is 8.53. The van der Waals surface area contributed by atoms with Gasteiger partial charge in [0.2, 0.25) is 5.60 Å². The summed E-state index contributed by atoms with van der Waals surface area (Å²) >= 11 is 1.41. The predicted molar refractivity (Wildman–Crippen MR) is 99.3 cm³/mol. The first-order valence-corrected chi connectivity index (χ1v) is 8.46. The molecule has 2 aromatic carbocycles. The van der Waals surface area contributed by atoms with Crippen molar-refractivity contribution in [1.29, 1.82) is 5.41 Å². The van der Waals surface area contributed by atoms with E-state index in [-0.39, 0.29) is 5.84 Å². The number of nitrogens with two attached hydrogens (primary N) is 1. The molecule has 1 atom stereocenters. The summed E-state index contributed by atoms with van der Waals surface area (Å²) < 4.78 is 12.0. The zero-order valence-corrected chi connectivity index (χ0v) is 14.7. The largest absolute Gasteiger partial charge is 0.471 e. The standard InChI is InChI=1S/C19H18N2O3S/c1-19(18(22)23-2,13-6-4-3-5-7-13)24-14-9-8-12-10-16(17(20)21)25-15(12)11-14/h3-11H,1-2H3,(H3,20,21). The van der Waals surface area contributed by atoms with Crippen molar-refractivity contribution in [3.8, 4) is 5.75 Å². The molecule has 0 saturated heterocycles. The second kappa shape index (κ2) is 6.57. The summed E-state index contributed by atoms with van der Waals surface area (Å²) in [6.45, 7) is 1.69. The number of hydrogen-bond acceptors (Lipinski definition) is 5. The van der Waals surface area contributed by atoms with Gasteiger partial charge in [0, 0.05) is 10.3 Å². The molecule has 3 aromatic rings. The van der Waals surface area contributed by atoms with Crippen molar-refractivity contribution in [3.63, 3.8) is 0 Å². The smallest absolute Gasteiger partial charge is 0.354 e. The lowest BCUT2D eigenvalue weighted by molar-refractivity contribution is -0.158. The van der Waals surface area contributed by atoms with Gasteiger partial charge in [0.05, 0.1) is 12.0 Å². The zero-order chi connectivity index (χ0) is 18.0. The van der Waals surface area contributed by atoms with Gasteiger partial charge in [-0.15, -0.1) is 11.3 Å². The molecule has 0 saturated carbocycles. The first-order valence-electron chi connectivity index (χ1n) is 7.65. The molecule has 1 unspecified atom stereocenters. The lowest BCUT2D eigenvalue weighted by Crippen LogP contribution is -2.39. The Morgan fingerprint density at radius 3 is 2.52 bits per heavy atom. The Hall–Kier alpha value is -2.86. The fraction of sp³-hybridized carbons (Fsp3) is 0.158. The summed E-state index contributed by atoms with van der Waals surface area (Å²) in [6.07, 6.45) is 0. The Bertz CT molecular complexity index is 936. The van der Waals surface area contributed by atoms with Gasteiger partial charge in [-0.05, 0) is 36.6 Å². The maximum absolute atomic E-state index is 12.4. The van der Waals surface area contributed by atoms with Crippen LogP contribution in [0.1, 0.15) is 17.4 Å². The third-order valence-electron chi connectivity index (χ3n) is 3.98. The van der Waals surface area contributed by atoms with Crippen molar-refractivity contribution in [2.75, 3.05) is 7.11 Å². The van der Waals surface area contributed by atoms with Crippen LogP contribution in [0.5, 0.6) is 5.75 Å². The van der Waals surface area contributed by atoms with E-state index in [0.29, 0.717) is 16.2 Å². The van der Waals surface area contributed by atoms with E-state index in [1.807, 2.05) is 48.5 Å². The van der Waals surface area contributed by atoms with E-state index in [1.54, 1.807) is 13.0 Å². The number of ether oxygens (including phenoxy) is 2. The van der Waals surface area contributed by atoms with Crippen LogP contribution in [-0.2, 0) is 15.1 Å². The van der Waals surface area contributed by atoms with Crippen LogP contribution in [0.3, 0.4) is 0 Å². The monoisotopic (exact) mass is 354 g/mol. The fourth-order valence-electron chi connectivity index (χ4n) is 2.61. The van der Waals surface area contributed by atoms with Crippen LogP contribution in [0.25, 0.3) is 10.1 Å². The maximum atomic E-state index is 12.4. The summed E-state index contributed by atoms with van der Waals surface area (Å²) in [5.41, 5.74) is 5.00. The summed E-state index contributed by atoms with van der Waals surface area (Å²) in [7, 11) is 1.34. The Labute approximate surface area is 149 Å². The number of rotatable bonds is 5. The Kier molecular flexibility index (Phi) is 4.46. The molecule has 0 bridgehead atoms. The van der Waals surface area contributed by atoms with Crippen molar-refractivity contribution >= 4 is 33.2 Å². The minimum atomic E-state index is -1.26. The number of benzene rings is 2. The summed E-state index contributed by atoms with van der Waals surface area (Å²) in [6, 6.07) is 16.6. The first kappa shape index (κ1) is 17.0. The molecule has 3 rings (SSSR count). The molecule has 0 amide bonds. The highest BCUT2D eigenvalue weighted by Crippen LogP contribution is 2.34. The topological polar surface area (TPSA) is 85.4 Å². The van der Waals surface area contributed by atoms with Crippen molar-refractivity contribution in [1.82, 2.24) is 0 Å². The van der Waals surface area contributed by atoms with Crippen molar-refractivity contribution in [3.05, 3.63) is 65.0 Å². The number of esters is 1. The number of carbonyl (C=O) groups excluding carboxylic acids is 1. The second-order valence-electron chi connectivity index (χ2n) is 5.72. The quantitative estimate of drug-likeness (QED) is 0.416. The number of methoxy groups -OCH3 is 1. The van der Waals surface area contributed by atoms with E-state index in [4.69, 9.17) is 20.6 Å². The molecule has 3 N–H and O–H groups in total. The molecule has 0 aliphatic carbocycles. The fourth-order valence-corrected chi connectivity index (χ4v) is 3.57. The van der Waals surface area contributed by atoms with E-state index < -0.39 is 11.6 Å². The van der Waals surface area contributed by atoms with E-state index >= 15 is 0 Å². The van der Waals surface area contributed by atoms with Gasteiger partial charge in [0.1, 0.15) is 11.6 Å². The van der Waals surface area contributed by atoms with Gasteiger partial charge in [-0.25, -0.2) is 4.79 Å². The number of amidine groups is 1. The van der Waals surface area contributed by atoms with Gasteiger partial charge >= 0.3 is 5.97 Å². The molecule has 6 heteroatoms. The van der Waals surface area contributed by atoms with Crippen LogP contribution in [0.4, 0.5) is 0 Å². The minimum absolute atomic E-state index is 0.0346. The number of fused-ring (bicyclic) bond motifs is 1. The van der Waals surface area contributed by atoms with Gasteiger partial charge in [0.15, 0.2) is 0 Å². The predicted octanol–water partition coefficient (Wildman–Crippen LogP) is 3.65. The van der Waals surface area contributed by atoms with Gasteiger partial charge in [-0.1, -0.05) is 30.3 Å². The highest BCUT2D eigenvalue weighted by Gasteiger charge is 2.39. The first-order chi connectivity index (χ1) is 11.9. The van der Waals surface area contributed by atoms with Crippen LogP contribution >= 0.6 is 11.3 Å². The molecular weight excluding hydrogens is 336 g/mol. The van der Waals surface area contributed by atoms with Gasteiger partial charge < -0.3 is 15.2 Å². The SMILES string of the molecule is COC(=O)C(C)(Oc1ccc2cc(C(=N)N)sc2c1)c1ccccc1. The van der Waals surface area contributed by atoms with Gasteiger partial charge in [0.25, 0.3) is 0 Å². The molecule has 0 fully saturated rings. The molecule has 5 nitrogen and oxygen atoms in total. The number of nitrogen functional groups attached to an aromatic ring is 1. The molecule has 0 aliphatic rings. The van der Waals surface area contributed by atoms with Crippen LogP contribution < -0.4 is 10.5 Å². The van der Waals surface area contributed by atoms with Crippen molar-refractivity contribution in [2.24, 2.45) is 5.73 Å². The summed E-state index contributed by atoms with van der Waals surface area (Å²) in [5.74, 6) is 0.1000. The van der Waals surface area contributed by atoms with E-state index in [9.17, 15) is 4.79 Å². The highest BCUT2D eigenvalue weighted by atomic mass is 32.1. The molecule has 0 aliphatic heterocycles. The van der Waals surface area contributed by atoms with Crippen molar-refractivity contribution in [2.45, 2.75) is 12.5 Å². The molecule has 1 aromatic heterocycles. The Morgan fingerprint density at radius 1 is 1.16 bits per heavy atom. The third kappa shape index (κ3) is 3.21. The van der Waals surface area contributed by atoms with Gasteiger partial charge in [-0.2, -0.15) is 0 Å². The number of hydrogen-bond donors (Lipinski definition) is 2. The second-order valence-corrected chi connectivity index (χ2v) is 6.80. The molecule has 0 spiro atoms. The average Bonchev–Trinajstić information content (AvgIpc) is 3.05. The van der Waals surface area contributed by atoms with Gasteiger partial charge in [-0.3, -0.25) is 5.41 Å². The maximum Gasteiger partial charge on any atom is 0.354 e. The lowest BCUT2D eigenvalue weighted by atomic mass is 9.95. The van der Waals surface area contributed by atoms with E-state index in [1.165, 1.54) is 18.4 Å². The van der Waals surface area contributed by atoms with Crippen molar-refractivity contribution < 1.29 is 14.3 Å². The summed E-state index contributed by atoms with van der Waals surface area (Å²) in [4.78, 5) is 13.1. The van der Waals surface area contributed by atoms with E-state index in [2.05, 4.69) is 0 Å². The molecule has 128 valence electrons. The molecule has 25 heavy (non-hydrogen) atoms. The third-order valence-corrected chi connectivity index (χ3v) is 5.11. The van der Waals surface area contributed by atoms with Crippen LogP contribution in [-0.4, -0.2) is 18.9 Å². The molecule has 0 radical (unpaired) electrons. The number of carbonyl (C=O) groups is 1. The average molecular weight is 354 g/mol. The number of nitrogens with one attached hydrogen (secondary N) is 1. The van der Waals surface area contributed by atoms with Crippen LogP contribution in [0.15, 0.2) is 54.6 Å². The van der Waals surface area contributed by atoms with E-state index in [0.717, 1.165) is 10.1 Å². The zero-order valence-electron chi connectivity index (χ0n) is 13.9. The number of thiophene rings is 1. The highest BCUT2D eigenvalue weighted by molar-refractivity contribution is 7.20. The minimum Gasteiger partial charge on any atom is -0.471 e. The lowest BCUT2D eigenvalue weighted by Gasteiger charge is -2.28.